The van der Waals surface area contributed by atoms with E-state index in [1.165, 1.54) is 30.3 Å². The predicted molar refractivity (Wildman–Crippen MR) is 102 cm³/mol. The summed E-state index contributed by atoms with van der Waals surface area (Å²) >= 11 is 5.82. The number of hydrogen-bond donors (Lipinski definition) is 2. The zero-order valence-electron chi connectivity index (χ0n) is 15.3. The second-order valence-corrected chi connectivity index (χ2v) is 9.01. The van der Waals surface area contributed by atoms with Crippen LogP contribution in [0.3, 0.4) is 0 Å². The Morgan fingerprint density at radius 3 is 2.53 bits per heavy atom. The van der Waals surface area contributed by atoms with Gasteiger partial charge in [-0.3, -0.25) is 0 Å². The van der Waals surface area contributed by atoms with Gasteiger partial charge in [-0.1, -0.05) is 11.6 Å². The third-order valence-corrected chi connectivity index (χ3v) is 6.82. The summed E-state index contributed by atoms with van der Waals surface area (Å²) in [6.45, 7) is -1.70. The van der Waals surface area contributed by atoms with Crippen molar-refractivity contribution in [3.63, 3.8) is 0 Å². The highest BCUT2D eigenvalue weighted by Gasteiger charge is 2.51. The van der Waals surface area contributed by atoms with Crippen molar-refractivity contribution in [2.75, 3.05) is 19.7 Å². The first-order chi connectivity index (χ1) is 14.1. The van der Waals surface area contributed by atoms with Crippen LogP contribution in [-0.2, 0) is 10.0 Å². The number of hydrogen-bond acceptors (Lipinski definition) is 7. The summed E-state index contributed by atoms with van der Waals surface area (Å²) in [6, 6.07) is 10.5. The molecule has 0 spiro atoms. The van der Waals surface area contributed by atoms with E-state index in [0.717, 1.165) is 10.4 Å². The number of benzene rings is 2. The summed E-state index contributed by atoms with van der Waals surface area (Å²) in [5.41, 5.74) is -2.35. The molecule has 2 atom stereocenters. The monoisotopic (exact) mass is 451 g/mol. The Balaban J connectivity index is 1.92. The minimum absolute atomic E-state index is 0.0492. The van der Waals surface area contributed by atoms with Crippen molar-refractivity contribution in [3.8, 4) is 17.9 Å². The molecule has 156 valence electrons. The summed E-state index contributed by atoms with van der Waals surface area (Å²) in [4.78, 5) is -0.306. The number of aliphatic hydroxyl groups excluding tert-OH is 1. The predicted octanol–water partition coefficient (Wildman–Crippen LogP) is 1.40. The van der Waals surface area contributed by atoms with Crippen LogP contribution in [0, 0.1) is 28.5 Å². The van der Waals surface area contributed by atoms with Crippen molar-refractivity contribution < 1.29 is 27.8 Å². The van der Waals surface area contributed by atoms with Crippen molar-refractivity contribution in [2.45, 2.75) is 16.6 Å². The zero-order valence-corrected chi connectivity index (χ0v) is 16.9. The molecule has 2 N–H and O–H groups in total. The standard InChI is InChI=1S/C19H15ClFN3O5S/c20-14-2-4-17(13(5-14)8-23)30(27,28)24-9-18(19(26,10-24)11-25)29-15-3-1-12(7-22)16(21)6-15/h1-6,18,25-26H,9-11H2/t18?,19-/m1/s1. The number of ether oxygens (including phenoxy) is 1. The first-order valence-electron chi connectivity index (χ1n) is 8.54. The van der Waals surface area contributed by atoms with Gasteiger partial charge in [-0.2, -0.15) is 14.8 Å². The number of nitriles is 2. The smallest absolute Gasteiger partial charge is 0.244 e. The average molecular weight is 452 g/mol. The third-order valence-electron chi connectivity index (χ3n) is 4.71. The van der Waals surface area contributed by atoms with Crippen LogP contribution in [-0.4, -0.2) is 54.3 Å². The van der Waals surface area contributed by atoms with Gasteiger partial charge in [0.15, 0.2) is 0 Å². The molecule has 1 heterocycles. The summed E-state index contributed by atoms with van der Waals surface area (Å²) < 4.78 is 46.4. The molecule has 8 nitrogen and oxygen atoms in total. The molecule has 1 fully saturated rings. The van der Waals surface area contributed by atoms with Gasteiger partial charge in [0.05, 0.1) is 24.3 Å². The molecule has 30 heavy (non-hydrogen) atoms. The van der Waals surface area contributed by atoms with Gasteiger partial charge in [0.2, 0.25) is 10.0 Å². The van der Waals surface area contributed by atoms with E-state index in [1.807, 2.05) is 0 Å². The summed E-state index contributed by atoms with van der Waals surface area (Å²) in [7, 11) is -4.24. The second kappa shape index (κ2) is 8.19. The number of sulfonamides is 1. The lowest BCUT2D eigenvalue weighted by Gasteiger charge is -2.27. The molecule has 1 aliphatic rings. The lowest BCUT2D eigenvalue weighted by atomic mass is 10.0. The van der Waals surface area contributed by atoms with E-state index in [9.17, 15) is 28.3 Å². The van der Waals surface area contributed by atoms with Crippen LogP contribution >= 0.6 is 11.6 Å². The minimum atomic E-state index is -4.24. The molecule has 2 aromatic carbocycles. The van der Waals surface area contributed by atoms with Gasteiger partial charge in [-0.05, 0) is 30.3 Å². The Labute approximate surface area is 177 Å². The van der Waals surface area contributed by atoms with Crippen molar-refractivity contribution in [2.24, 2.45) is 0 Å². The maximum atomic E-state index is 13.8. The number of rotatable bonds is 5. The fourth-order valence-electron chi connectivity index (χ4n) is 3.09. The van der Waals surface area contributed by atoms with Gasteiger partial charge in [0, 0.05) is 17.6 Å². The van der Waals surface area contributed by atoms with E-state index in [-0.39, 0.29) is 33.3 Å². The zero-order chi connectivity index (χ0) is 22.1. The van der Waals surface area contributed by atoms with Gasteiger partial charge in [-0.15, -0.1) is 0 Å². The molecule has 11 heteroatoms. The molecule has 0 radical (unpaired) electrons. The molecular formula is C19H15ClFN3O5S. The Kier molecular flexibility index (Phi) is 5.99. The molecule has 1 aliphatic heterocycles. The van der Waals surface area contributed by atoms with E-state index < -0.39 is 40.7 Å². The molecule has 0 saturated carbocycles. The quantitative estimate of drug-likeness (QED) is 0.701. The van der Waals surface area contributed by atoms with E-state index in [0.29, 0.717) is 0 Å². The maximum Gasteiger partial charge on any atom is 0.244 e. The molecular weight excluding hydrogens is 437 g/mol. The molecule has 1 saturated heterocycles. The molecule has 0 amide bonds. The van der Waals surface area contributed by atoms with Crippen molar-refractivity contribution in [1.82, 2.24) is 4.31 Å². The van der Waals surface area contributed by atoms with Crippen LogP contribution in [0.25, 0.3) is 0 Å². The average Bonchev–Trinajstić information content (AvgIpc) is 3.05. The first kappa shape index (κ1) is 22.0. The van der Waals surface area contributed by atoms with E-state index in [1.54, 1.807) is 12.1 Å². The van der Waals surface area contributed by atoms with Crippen molar-refractivity contribution in [1.29, 1.82) is 10.5 Å². The lowest BCUT2D eigenvalue weighted by molar-refractivity contribution is -0.0641. The number of aliphatic hydroxyl groups is 2. The van der Waals surface area contributed by atoms with Crippen LogP contribution in [0.5, 0.6) is 5.75 Å². The number of β-amino-alcohol motifs (C(OH)–C–C–N with tert-alkyl or cyclic N) is 1. The highest BCUT2D eigenvalue weighted by molar-refractivity contribution is 7.89. The first-order valence-corrected chi connectivity index (χ1v) is 10.4. The summed E-state index contributed by atoms with van der Waals surface area (Å²) in [5.74, 6) is -0.892. The SMILES string of the molecule is N#Cc1ccc(OC2CN(S(=O)(=O)c3ccc(Cl)cc3C#N)C[C@@]2(O)CO)cc1F. The second-order valence-electron chi connectivity index (χ2n) is 6.67. The van der Waals surface area contributed by atoms with Crippen LogP contribution in [0.2, 0.25) is 5.02 Å². The van der Waals surface area contributed by atoms with E-state index in [4.69, 9.17) is 21.6 Å². The van der Waals surface area contributed by atoms with Crippen LogP contribution in [0.1, 0.15) is 11.1 Å². The maximum absolute atomic E-state index is 13.8. The van der Waals surface area contributed by atoms with Crippen molar-refractivity contribution in [3.05, 3.63) is 58.4 Å². The molecule has 0 aromatic heterocycles. The van der Waals surface area contributed by atoms with Gasteiger partial charge in [-0.25, -0.2) is 12.8 Å². The van der Waals surface area contributed by atoms with Gasteiger partial charge >= 0.3 is 0 Å². The Hall–Kier alpha value is -2.73. The minimum Gasteiger partial charge on any atom is -0.486 e. The third kappa shape index (κ3) is 3.97. The van der Waals surface area contributed by atoms with Crippen LogP contribution in [0.4, 0.5) is 4.39 Å². The fourth-order valence-corrected chi connectivity index (χ4v) is 4.88. The topological polar surface area (TPSA) is 135 Å². The Bertz CT molecular complexity index is 1180. The Morgan fingerprint density at radius 2 is 1.93 bits per heavy atom. The fraction of sp³-hybridized carbons (Fsp3) is 0.263. The molecule has 0 bridgehead atoms. The Morgan fingerprint density at radius 1 is 1.23 bits per heavy atom. The molecule has 1 unspecified atom stereocenters. The highest BCUT2D eigenvalue weighted by atomic mass is 35.5. The van der Waals surface area contributed by atoms with Crippen LogP contribution < -0.4 is 4.74 Å². The largest absolute Gasteiger partial charge is 0.486 e. The summed E-state index contributed by atoms with van der Waals surface area (Å²) in [5, 5.41) is 38.6. The van der Waals surface area contributed by atoms with Gasteiger partial charge < -0.3 is 14.9 Å². The highest BCUT2D eigenvalue weighted by Crippen LogP contribution is 2.32. The van der Waals surface area contributed by atoms with E-state index >= 15 is 0 Å². The van der Waals surface area contributed by atoms with Crippen molar-refractivity contribution >= 4 is 21.6 Å². The number of halogens is 2. The normalized spacial score (nSPS) is 21.7. The number of nitrogens with zero attached hydrogens (tertiary/aromatic N) is 3. The summed E-state index contributed by atoms with van der Waals surface area (Å²) in [6.07, 6.45) is -1.23. The van der Waals surface area contributed by atoms with E-state index in [2.05, 4.69) is 0 Å². The van der Waals surface area contributed by atoms with Gasteiger partial charge in [0.25, 0.3) is 0 Å². The molecule has 2 aromatic rings. The van der Waals surface area contributed by atoms with Gasteiger partial charge in [0.1, 0.15) is 40.3 Å². The molecule has 0 aliphatic carbocycles. The van der Waals surface area contributed by atoms with Crippen LogP contribution in [0.15, 0.2) is 41.3 Å². The molecule has 3 rings (SSSR count). The lowest BCUT2D eigenvalue weighted by Crippen LogP contribution is -2.48.